The first kappa shape index (κ1) is 23.9. The number of hydrogen-bond acceptors (Lipinski definition) is 5. The van der Waals surface area contributed by atoms with Gasteiger partial charge in [-0.25, -0.2) is 4.79 Å². The molecule has 1 amide bonds. The van der Waals surface area contributed by atoms with Crippen molar-refractivity contribution in [2.75, 3.05) is 36.4 Å². The molecule has 2 aliphatic rings. The highest BCUT2D eigenvalue weighted by Crippen LogP contribution is 2.26. The number of nitrogens with zero attached hydrogens (tertiary/aromatic N) is 3. The topological polar surface area (TPSA) is 90.4 Å². The third-order valence-electron chi connectivity index (χ3n) is 7.17. The molecular weight excluding hydrogens is 454 g/mol. The van der Waals surface area contributed by atoms with Crippen molar-refractivity contribution in [3.05, 3.63) is 86.6 Å². The molecule has 0 spiro atoms. The number of anilines is 3. The molecule has 0 saturated carbocycles. The summed E-state index contributed by atoms with van der Waals surface area (Å²) in [6, 6.07) is 17.8. The number of nitrogens with one attached hydrogen (secondary N) is 2. The number of amides is 1. The molecule has 36 heavy (non-hydrogen) atoms. The summed E-state index contributed by atoms with van der Waals surface area (Å²) in [5.74, 6) is 0.530. The zero-order valence-electron chi connectivity index (χ0n) is 20.5. The van der Waals surface area contributed by atoms with Gasteiger partial charge in [0.2, 0.25) is 5.91 Å². The van der Waals surface area contributed by atoms with Gasteiger partial charge in [0.05, 0.1) is 0 Å². The Bertz CT molecular complexity index is 1290. The Morgan fingerprint density at radius 3 is 2.44 bits per heavy atom. The summed E-state index contributed by atoms with van der Waals surface area (Å²) in [6.07, 6.45) is 5.00. The lowest BCUT2D eigenvalue weighted by molar-refractivity contribution is -0.131. The van der Waals surface area contributed by atoms with Gasteiger partial charge in [-0.2, -0.15) is 0 Å². The van der Waals surface area contributed by atoms with Gasteiger partial charge in [-0.05, 0) is 67.5 Å². The predicted molar refractivity (Wildman–Crippen MR) is 142 cm³/mol. The van der Waals surface area contributed by atoms with Gasteiger partial charge in [-0.3, -0.25) is 19.1 Å². The van der Waals surface area contributed by atoms with Crippen molar-refractivity contribution < 1.29 is 4.79 Å². The first-order chi connectivity index (χ1) is 17.6. The Balaban J connectivity index is 1.08. The Kier molecular flexibility index (Phi) is 7.21. The van der Waals surface area contributed by atoms with E-state index in [4.69, 9.17) is 0 Å². The van der Waals surface area contributed by atoms with E-state index < -0.39 is 5.69 Å². The van der Waals surface area contributed by atoms with E-state index in [-0.39, 0.29) is 11.5 Å². The number of para-hydroxylation sites is 1. The highest BCUT2D eigenvalue weighted by atomic mass is 16.2. The number of unbranched alkanes of at least 4 members (excludes halogenated alkanes) is 1. The molecule has 0 bridgehead atoms. The zero-order valence-corrected chi connectivity index (χ0v) is 20.5. The molecule has 0 radical (unpaired) electrons. The number of piperazine rings is 1. The van der Waals surface area contributed by atoms with Gasteiger partial charge in [-0.15, -0.1) is 0 Å². The number of aryl methyl sites for hydroxylation is 2. The largest absolute Gasteiger partial charge is 0.368 e. The Morgan fingerprint density at radius 1 is 0.889 bits per heavy atom. The van der Waals surface area contributed by atoms with E-state index in [1.54, 1.807) is 0 Å². The lowest BCUT2D eigenvalue weighted by Crippen LogP contribution is -2.48. The molecule has 1 fully saturated rings. The minimum Gasteiger partial charge on any atom is -0.368 e. The fourth-order valence-corrected chi connectivity index (χ4v) is 5.16. The second-order valence-corrected chi connectivity index (χ2v) is 9.60. The summed E-state index contributed by atoms with van der Waals surface area (Å²) in [7, 11) is 0. The van der Waals surface area contributed by atoms with Gasteiger partial charge >= 0.3 is 5.69 Å². The number of aromatic nitrogens is 2. The molecule has 1 aromatic heterocycles. The van der Waals surface area contributed by atoms with Crippen molar-refractivity contribution in [1.29, 1.82) is 0 Å². The van der Waals surface area contributed by atoms with E-state index in [1.165, 1.54) is 33.9 Å². The van der Waals surface area contributed by atoms with E-state index >= 15 is 0 Å². The minimum absolute atomic E-state index is 0.137. The Hall–Kier alpha value is -3.81. The number of aromatic amines is 1. The quantitative estimate of drug-likeness (QED) is 0.476. The van der Waals surface area contributed by atoms with Crippen LogP contribution in [0, 0.1) is 0 Å². The summed E-state index contributed by atoms with van der Waals surface area (Å²) >= 11 is 0. The summed E-state index contributed by atoms with van der Waals surface area (Å²) in [5, 5.41) is 3.15. The first-order valence-corrected chi connectivity index (χ1v) is 12.9. The van der Waals surface area contributed by atoms with E-state index in [2.05, 4.69) is 39.5 Å². The van der Waals surface area contributed by atoms with E-state index in [1.807, 2.05) is 29.2 Å². The average Bonchev–Trinajstić information content (AvgIpc) is 3.36. The maximum absolute atomic E-state index is 12.6. The number of benzene rings is 2. The number of hydrogen-bond donors (Lipinski definition) is 2. The summed E-state index contributed by atoms with van der Waals surface area (Å²) < 4.78 is 1.21. The third kappa shape index (κ3) is 5.53. The molecule has 2 heterocycles. The van der Waals surface area contributed by atoms with E-state index in [9.17, 15) is 14.4 Å². The number of rotatable bonds is 8. The zero-order chi connectivity index (χ0) is 24.9. The van der Waals surface area contributed by atoms with Crippen molar-refractivity contribution in [3.8, 4) is 0 Å². The highest BCUT2D eigenvalue weighted by Gasteiger charge is 2.21. The van der Waals surface area contributed by atoms with Crippen LogP contribution in [0.3, 0.4) is 0 Å². The molecule has 2 N–H and O–H groups in total. The number of fused-ring (bicyclic) bond motifs is 1. The molecular formula is C28H33N5O3. The van der Waals surface area contributed by atoms with Gasteiger partial charge < -0.3 is 15.1 Å². The molecule has 0 unspecified atom stereocenters. The van der Waals surface area contributed by atoms with Crippen LogP contribution in [0.25, 0.3) is 0 Å². The fourth-order valence-electron chi connectivity index (χ4n) is 5.16. The van der Waals surface area contributed by atoms with Crippen molar-refractivity contribution >= 4 is 23.1 Å². The molecule has 8 nitrogen and oxygen atoms in total. The second kappa shape index (κ2) is 10.8. The van der Waals surface area contributed by atoms with Crippen molar-refractivity contribution in [2.24, 2.45) is 0 Å². The molecule has 1 aliphatic carbocycles. The third-order valence-corrected chi connectivity index (χ3v) is 7.17. The summed E-state index contributed by atoms with van der Waals surface area (Å²) in [5.41, 5.74) is 3.97. The number of carbonyl (C=O) groups is 1. The van der Waals surface area contributed by atoms with Crippen LogP contribution in [0.4, 0.5) is 17.2 Å². The lowest BCUT2D eigenvalue weighted by atomic mass is 10.1. The van der Waals surface area contributed by atoms with Gasteiger partial charge in [0.25, 0.3) is 5.56 Å². The summed E-state index contributed by atoms with van der Waals surface area (Å²) in [4.78, 5) is 44.8. The predicted octanol–water partition coefficient (Wildman–Crippen LogP) is 3.29. The monoisotopic (exact) mass is 487 g/mol. The van der Waals surface area contributed by atoms with Crippen molar-refractivity contribution in [3.63, 3.8) is 0 Å². The highest BCUT2D eigenvalue weighted by molar-refractivity contribution is 5.76. The van der Waals surface area contributed by atoms with Crippen LogP contribution >= 0.6 is 0 Å². The van der Waals surface area contributed by atoms with E-state index in [0.29, 0.717) is 44.7 Å². The minimum atomic E-state index is -0.436. The lowest BCUT2D eigenvalue weighted by Gasteiger charge is -2.36. The molecule has 3 aromatic rings. The molecule has 5 rings (SSSR count). The van der Waals surface area contributed by atoms with Crippen LogP contribution in [-0.4, -0.2) is 46.5 Å². The van der Waals surface area contributed by atoms with Crippen LogP contribution in [0.2, 0.25) is 0 Å². The van der Waals surface area contributed by atoms with Crippen LogP contribution in [-0.2, 0) is 24.2 Å². The van der Waals surface area contributed by atoms with Crippen molar-refractivity contribution in [2.45, 2.75) is 45.1 Å². The first-order valence-electron chi connectivity index (χ1n) is 12.9. The number of H-pyrrole nitrogens is 1. The molecule has 8 heteroatoms. The Labute approximate surface area is 210 Å². The van der Waals surface area contributed by atoms with Crippen LogP contribution in [0.15, 0.2) is 64.2 Å². The van der Waals surface area contributed by atoms with E-state index in [0.717, 1.165) is 31.6 Å². The SMILES string of the molecule is O=C(CCCCn1c(=O)cc(Nc2ccc3c(c2)CCC3)[nH]c1=O)N1CCN(c2ccccc2)CC1. The van der Waals surface area contributed by atoms with Crippen molar-refractivity contribution in [1.82, 2.24) is 14.5 Å². The second-order valence-electron chi connectivity index (χ2n) is 9.60. The fraction of sp³-hybridized carbons (Fsp3) is 0.393. The van der Waals surface area contributed by atoms with Crippen LogP contribution in [0.5, 0.6) is 0 Å². The molecule has 1 saturated heterocycles. The maximum atomic E-state index is 12.6. The molecule has 0 atom stereocenters. The molecule has 2 aromatic carbocycles. The average molecular weight is 488 g/mol. The molecule has 188 valence electrons. The Morgan fingerprint density at radius 2 is 1.67 bits per heavy atom. The summed E-state index contributed by atoms with van der Waals surface area (Å²) in [6.45, 7) is 3.37. The number of carbonyl (C=O) groups excluding carboxylic acids is 1. The van der Waals surface area contributed by atoms with Gasteiger partial charge in [-0.1, -0.05) is 24.3 Å². The molecule has 1 aliphatic heterocycles. The van der Waals surface area contributed by atoms with Gasteiger partial charge in [0.15, 0.2) is 0 Å². The standard InChI is InChI=1S/C28H33N5O3/c34-26(32-17-15-31(16-18-32)24-9-2-1-3-10-24)11-4-5-14-33-27(35)20-25(30-28(33)36)29-23-13-12-21-7-6-8-22(21)19-23/h1-3,9-10,12-13,19-20,29H,4-8,11,14-18H2,(H,30,36). The maximum Gasteiger partial charge on any atom is 0.329 e. The van der Waals surface area contributed by atoms with Gasteiger partial charge in [0.1, 0.15) is 5.82 Å². The van der Waals surface area contributed by atoms with Crippen LogP contribution in [0.1, 0.15) is 36.8 Å². The normalized spacial score (nSPS) is 15.1. The smallest absolute Gasteiger partial charge is 0.329 e. The van der Waals surface area contributed by atoms with Gasteiger partial charge in [0, 0.05) is 56.6 Å². The van der Waals surface area contributed by atoms with Crippen LogP contribution < -0.4 is 21.5 Å².